The second-order valence-corrected chi connectivity index (χ2v) is 5.40. The second-order valence-electron chi connectivity index (χ2n) is 5.40. The summed E-state index contributed by atoms with van der Waals surface area (Å²) in [6.07, 6.45) is 3.05. The molecule has 1 aliphatic rings. The van der Waals surface area contributed by atoms with E-state index in [0.717, 1.165) is 43.9 Å². The van der Waals surface area contributed by atoms with Crippen LogP contribution >= 0.6 is 0 Å². The number of hydrogen-bond acceptors (Lipinski definition) is 4. The van der Waals surface area contributed by atoms with Crippen molar-refractivity contribution in [2.24, 2.45) is 5.92 Å². The number of amides is 1. The van der Waals surface area contributed by atoms with E-state index in [2.05, 4.69) is 22.1 Å². The van der Waals surface area contributed by atoms with E-state index in [1.807, 2.05) is 24.1 Å². The number of carbonyl (C=O) groups is 1. The Balaban J connectivity index is 1.95. The van der Waals surface area contributed by atoms with Crippen molar-refractivity contribution in [1.29, 1.82) is 0 Å². The van der Waals surface area contributed by atoms with Gasteiger partial charge in [0.05, 0.1) is 5.69 Å². The monoisotopic (exact) mass is 274 g/mol. The third-order valence-electron chi connectivity index (χ3n) is 3.65. The number of rotatable bonds is 4. The zero-order chi connectivity index (χ0) is 14.5. The molecule has 1 atom stereocenters. The van der Waals surface area contributed by atoms with Crippen molar-refractivity contribution >= 4 is 11.7 Å². The minimum atomic E-state index is 0.0753. The predicted octanol–water partition coefficient (Wildman–Crippen LogP) is 1.88. The van der Waals surface area contributed by atoms with Gasteiger partial charge in [-0.05, 0) is 44.2 Å². The Morgan fingerprint density at radius 3 is 2.90 bits per heavy atom. The van der Waals surface area contributed by atoms with Crippen LogP contribution in [0, 0.1) is 5.92 Å². The van der Waals surface area contributed by atoms with E-state index < -0.39 is 0 Å². The summed E-state index contributed by atoms with van der Waals surface area (Å²) in [7, 11) is 1.83. The van der Waals surface area contributed by atoms with E-state index >= 15 is 0 Å². The molecule has 1 fully saturated rings. The van der Waals surface area contributed by atoms with Crippen LogP contribution in [0.5, 0.6) is 0 Å². The fourth-order valence-corrected chi connectivity index (χ4v) is 2.58. The van der Waals surface area contributed by atoms with E-state index in [-0.39, 0.29) is 5.91 Å². The molecule has 5 heteroatoms. The first-order chi connectivity index (χ1) is 9.60. The van der Waals surface area contributed by atoms with E-state index in [0.29, 0.717) is 11.5 Å². The number of nitrogens with one attached hydrogen (secondary N) is 1. The Kier molecular flexibility index (Phi) is 4.71. The molecule has 1 amide bonds. The van der Waals surface area contributed by atoms with Gasteiger partial charge in [-0.15, -0.1) is 5.10 Å². The van der Waals surface area contributed by atoms with Crippen molar-refractivity contribution in [2.45, 2.75) is 26.2 Å². The van der Waals surface area contributed by atoms with Crippen LogP contribution in [-0.2, 0) is 11.2 Å². The summed E-state index contributed by atoms with van der Waals surface area (Å²) < 4.78 is 0. The second kappa shape index (κ2) is 6.50. The van der Waals surface area contributed by atoms with Gasteiger partial charge in [0.25, 0.3) is 0 Å². The Labute approximate surface area is 120 Å². The summed E-state index contributed by atoms with van der Waals surface area (Å²) >= 11 is 0. The quantitative estimate of drug-likeness (QED) is 0.852. The van der Waals surface area contributed by atoms with Crippen LogP contribution in [0.2, 0.25) is 0 Å². The first kappa shape index (κ1) is 14.5. The summed E-state index contributed by atoms with van der Waals surface area (Å²) in [5.41, 5.74) is 1.60. The lowest BCUT2D eigenvalue weighted by atomic mass is 9.93. The molecule has 2 rings (SSSR count). The van der Waals surface area contributed by atoms with Gasteiger partial charge in [0.15, 0.2) is 0 Å². The highest BCUT2D eigenvalue weighted by molar-refractivity contribution is 5.92. The fraction of sp³-hybridized carbons (Fsp3) is 0.533. The summed E-state index contributed by atoms with van der Waals surface area (Å²) in [5, 5.41) is 11.3. The molecule has 0 aromatic carbocycles. The summed E-state index contributed by atoms with van der Waals surface area (Å²) in [5.74, 6) is 1.31. The Morgan fingerprint density at radius 2 is 2.30 bits per heavy atom. The zero-order valence-electron chi connectivity index (χ0n) is 12.2. The Bertz CT molecular complexity index is 483. The number of aromatic nitrogens is 2. The van der Waals surface area contributed by atoms with Gasteiger partial charge < -0.3 is 10.2 Å². The topological polar surface area (TPSA) is 58.1 Å². The third-order valence-corrected chi connectivity index (χ3v) is 3.65. The maximum Gasteiger partial charge on any atom is 0.248 e. The number of carbonyl (C=O) groups excluding carboxylic acids is 1. The molecular formula is C15H22N4O. The number of anilines is 1. The molecule has 20 heavy (non-hydrogen) atoms. The van der Waals surface area contributed by atoms with Crippen LogP contribution < -0.4 is 5.32 Å². The molecule has 0 saturated carbocycles. The molecule has 1 aromatic heterocycles. The maximum absolute atomic E-state index is 12.0. The average Bonchev–Trinajstić information content (AvgIpc) is 2.47. The zero-order valence-corrected chi connectivity index (χ0v) is 12.2. The van der Waals surface area contributed by atoms with Crippen LogP contribution in [0.25, 0.3) is 0 Å². The number of nitrogens with zero attached hydrogens (tertiary/aromatic N) is 3. The van der Waals surface area contributed by atoms with Gasteiger partial charge >= 0.3 is 0 Å². The standard InChI is InChI=1S/C15H22N4O/c1-11(2)15(20)19-8-4-5-12(10-19)9-13-6-7-14(16-3)18-17-13/h6-7,12H,1,4-5,8-10H2,2-3H3,(H,16,18). The van der Waals surface area contributed by atoms with Gasteiger partial charge in [0.2, 0.25) is 5.91 Å². The minimum absolute atomic E-state index is 0.0753. The highest BCUT2D eigenvalue weighted by atomic mass is 16.2. The van der Waals surface area contributed by atoms with Crippen molar-refractivity contribution in [3.8, 4) is 0 Å². The highest BCUT2D eigenvalue weighted by Crippen LogP contribution is 2.21. The molecule has 0 aliphatic carbocycles. The predicted molar refractivity (Wildman–Crippen MR) is 79.4 cm³/mol. The van der Waals surface area contributed by atoms with E-state index in [9.17, 15) is 4.79 Å². The van der Waals surface area contributed by atoms with E-state index in [4.69, 9.17) is 0 Å². The summed E-state index contributed by atoms with van der Waals surface area (Å²) in [4.78, 5) is 13.9. The molecule has 2 heterocycles. The van der Waals surface area contributed by atoms with Crippen molar-refractivity contribution < 1.29 is 4.79 Å². The van der Waals surface area contributed by atoms with E-state index in [1.165, 1.54) is 0 Å². The SMILES string of the molecule is C=C(C)C(=O)N1CCCC(Cc2ccc(NC)nn2)C1. The van der Waals surface area contributed by atoms with Crippen molar-refractivity contribution in [2.75, 3.05) is 25.5 Å². The van der Waals surface area contributed by atoms with Crippen LogP contribution in [0.1, 0.15) is 25.5 Å². The lowest BCUT2D eigenvalue weighted by Crippen LogP contribution is -2.40. The molecule has 5 nitrogen and oxygen atoms in total. The van der Waals surface area contributed by atoms with Crippen LogP contribution in [0.4, 0.5) is 5.82 Å². The van der Waals surface area contributed by atoms with Gasteiger partial charge in [0, 0.05) is 25.7 Å². The van der Waals surface area contributed by atoms with E-state index in [1.54, 1.807) is 6.92 Å². The largest absolute Gasteiger partial charge is 0.372 e. The molecule has 1 unspecified atom stereocenters. The molecule has 1 aromatic rings. The average molecular weight is 274 g/mol. The van der Waals surface area contributed by atoms with Gasteiger partial charge in [0.1, 0.15) is 5.82 Å². The Hall–Kier alpha value is -1.91. The first-order valence-electron chi connectivity index (χ1n) is 7.05. The van der Waals surface area contributed by atoms with Gasteiger partial charge in [-0.3, -0.25) is 4.79 Å². The van der Waals surface area contributed by atoms with Crippen LogP contribution in [0.3, 0.4) is 0 Å². The van der Waals surface area contributed by atoms with Crippen LogP contribution in [-0.4, -0.2) is 41.1 Å². The molecule has 0 bridgehead atoms. The molecular weight excluding hydrogens is 252 g/mol. The number of piperidine rings is 1. The third kappa shape index (κ3) is 3.56. The molecule has 1 N–H and O–H groups in total. The summed E-state index contributed by atoms with van der Waals surface area (Å²) in [6, 6.07) is 3.93. The molecule has 0 radical (unpaired) electrons. The normalized spacial score (nSPS) is 18.7. The van der Waals surface area contributed by atoms with Crippen molar-refractivity contribution in [1.82, 2.24) is 15.1 Å². The molecule has 1 saturated heterocycles. The van der Waals surface area contributed by atoms with Gasteiger partial charge in [-0.25, -0.2) is 0 Å². The Morgan fingerprint density at radius 1 is 1.50 bits per heavy atom. The molecule has 0 spiro atoms. The lowest BCUT2D eigenvalue weighted by Gasteiger charge is -2.32. The number of hydrogen-bond donors (Lipinski definition) is 1. The molecule has 108 valence electrons. The fourth-order valence-electron chi connectivity index (χ4n) is 2.58. The highest BCUT2D eigenvalue weighted by Gasteiger charge is 2.24. The smallest absolute Gasteiger partial charge is 0.248 e. The van der Waals surface area contributed by atoms with Crippen molar-refractivity contribution in [3.63, 3.8) is 0 Å². The van der Waals surface area contributed by atoms with Crippen LogP contribution in [0.15, 0.2) is 24.3 Å². The van der Waals surface area contributed by atoms with Gasteiger partial charge in [-0.2, -0.15) is 5.10 Å². The summed E-state index contributed by atoms with van der Waals surface area (Å²) in [6.45, 7) is 7.14. The molecule has 1 aliphatic heterocycles. The number of likely N-dealkylation sites (tertiary alicyclic amines) is 1. The maximum atomic E-state index is 12.0. The minimum Gasteiger partial charge on any atom is -0.372 e. The van der Waals surface area contributed by atoms with Crippen molar-refractivity contribution in [3.05, 3.63) is 30.0 Å². The first-order valence-corrected chi connectivity index (χ1v) is 7.05. The van der Waals surface area contributed by atoms with Gasteiger partial charge in [-0.1, -0.05) is 6.58 Å². The lowest BCUT2D eigenvalue weighted by molar-refractivity contribution is -0.128.